The van der Waals surface area contributed by atoms with E-state index in [9.17, 15) is 9.59 Å². The second-order valence-electron chi connectivity index (χ2n) is 5.68. The molecule has 0 aliphatic rings. The Balaban J connectivity index is 1.84. The van der Waals surface area contributed by atoms with Gasteiger partial charge in [0, 0.05) is 37.9 Å². The molecule has 2 amide bonds. The highest BCUT2D eigenvalue weighted by molar-refractivity contribution is 6.06. The van der Waals surface area contributed by atoms with Crippen molar-refractivity contribution in [1.29, 1.82) is 0 Å². The van der Waals surface area contributed by atoms with Crippen molar-refractivity contribution in [3.8, 4) is 0 Å². The van der Waals surface area contributed by atoms with Gasteiger partial charge in [-0.3, -0.25) is 19.6 Å². The van der Waals surface area contributed by atoms with Crippen LogP contribution in [0.3, 0.4) is 0 Å². The number of anilines is 2. The molecular weight excluding hydrogens is 328 g/mol. The fourth-order valence-corrected chi connectivity index (χ4v) is 2.47. The maximum Gasteiger partial charge on any atom is 0.276 e. The zero-order valence-electron chi connectivity index (χ0n) is 14.5. The molecule has 6 nitrogen and oxygen atoms in total. The minimum absolute atomic E-state index is 0.221. The third-order valence-electron chi connectivity index (χ3n) is 3.98. The lowest BCUT2D eigenvalue weighted by molar-refractivity contribution is 0.0982. The molecular formula is C20H18N4O2. The van der Waals surface area contributed by atoms with E-state index < -0.39 is 0 Å². The van der Waals surface area contributed by atoms with Gasteiger partial charge in [-0.1, -0.05) is 18.2 Å². The number of aromatic nitrogens is 2. The van der Waals surface area contributed by atoms with Crippen LogP contribution in [0.15, 0.2) is 73.1 Å². The van der Waals surface area contributed by atoms with Crippen LogP contribution in [0.5, 0.6) is 0 Å². The van der Waals surface area contributed by atoms with Gasteiger partial charge in [0.25, 0.3) is 11.8 Å². The first-order valence-corrected chi connectivity index (χ1v) is 8.06. The summed E-state index contributed by atoms with van der Waals surface area (Å²) in [6.07, 6.45) is 3.16. The van der Waals surface area contributed by atoms with Crippen molar-refractivity contribution >= 4 is 23.2 Å². The van der Waals surface area contributed by atoms with Crippen LogP contribution in [0.1, 0.15) is 21.0 Å². The molecule has 26 heavy (non-hydrogen) atoms. The SMILES string of the molecule is CN(C(=O)c1ccccn1)c1cccc(N(C)C(=O)c2ccccn2)c1. The first-order valence-electron chi connectivity index (χ1n) is 8.06. The molecule has 0 spiro atoms. The van der Waals surface area contributed by atoms with Gasteiger partial charge in [-0.2, -0.15) is 0 Å². The van der Waals surface area contributed by atoms with E-state index in [-0.39, 0.29) is 11.8 Å². The third kappa shape index (κ3) is 3.59. The minimum Gasteiger partial charge on any atom is -0.310 e. The lowest BCUT2D eigenvalue weighted by Gasteiger charge is -2.21. The molecule has 0 bridgehead atoms. The van der Waals surface area contributed by atoms with Crippen LogP contribution < -0.4 is 9.80 Å². The number of amides is 2. The highest BCUT2D eigenvalue weighted by Gasteiger charge is 2.18. The monoisotopic (exact) mass is 346 g/mol. The number of hydrogen-bond donors (Lipinski definition) is 0. The van der Waals surface area contributed by atoms with Crippen molar-refractivity contribution in [2.24, 2.45) is 0 Å². The first-order chi connectivity index (χ1) is 12.6. The number of carbonyl (C=O) groups is 2. The Kier molecular flexibility index (Phi) is 5.03. The van der Waals surface area contributed by atoms with E-state index in [1.165, 1.54) is 9.80 Å². The Hall–Kier alpha value is -3.54. The Morgan fingerprint density at radius 2 is 1.15 bits per heavy atom. The fraction of sp³-hybridized carbons (Fsp3) is 0.100. The lowest BCUT2D eigenvalue weighted by Crippen LogP contribution is -2.29. The van der Waals surface area contributed by atoms with Crippen molar-refractivity contribution in [2.75, 3.05) is 23.9 Å². The molecule has 1 aromatic carbocycles. The van der Waals surface area contributed by atoms with Crippen LogP contribution in [0, 0.1) is 0 Å². The van der Waals surface area contributed by atoms with E-state index in [4.69, 9.17) is 0 Å². The molecule has 0 unspecified atom stereocenters. The largest absolute Gasteiger partial charge is 0.310 e. The third-order valence-corrected chi connectivity index (χ3v) is 3.98. The summed E-state index contributed by atoms with van der Waals surface area (Å²) in [6.45, 7) is 0. The van der Waals surface area contributed by atoms with Gasteiger partial charge < -0.3 is 9.80 Å². The van der Waals surface area contributed by atoms with Crippen LogP contribution in [-0.4, -0.2) is 35.9 Å². The molecule has 130 valence electrons. The van der Waals surface area contributed by atoms with Gasteiger partial charge in [0.1, 0.15) is 11.4 Å². The second-order valence-corrected chi connectivity index (χ2v) is 5.68. The van der Waals surface area contributed by atoms with Crippen LogP contribution >= 0.6 is 0 Å². The van der Waals surface area contributed by atoms with Gasteiger partial charge in [-0.05, 0) is 42.5 Å². The zero-order valence-corrected chi connectivity index (χ0v) is 14.5. The number of benzene rings is 1. The van der Waals surface area contributed by atoms with Gasteiger partial charge in [-0.25, -0.2) is 0 Å². The predicted octanol–water partition coefficient (Wildman–Crippen LogP) is 3.03. The molecule has 3 aromatic rings. The van der Waals surface area contributed by atoms with E-state index in [2.05, 4.69) is 9.97 Å². The van der Waals surface area contributed by atoms with Crippen LogP contribution in [-0.2, 0) is 0 Å². The van der Waals surface area contributed by atoms with Crippen molar-refractivity contribution in [3.05, 3.63) is 84.4 Å². The summed E-state index contributed by atoms with van der Waals surface area (Å²) in [6, 6.07) is 17.6. The molecule has 0 fully saturated rings. The van der Waals surface area contributed by atoms with Crippen LogP contribution in [0.4, 0.5) is 11.4 Å². The quantitative estimate of drug-likeness (QED) is 0.728. The summed E-state index contributed by atoms with van der Waals surface area (Å²) in [5.74, 6) is -0.442. The Bertz CT molecular complexity index is 841. The Labute approximate surface area is 151 Å². The fourth-order valence-electron chi connectivity index (χ4n) is 2.47. The van der Waals surface area contributed by atoms with Gasteiger partial charge >= 0.3 is 0 Å². The molecule has 2 heterocycles. The summed E-state index contributed by atoms with van der Waals surface area (Å²) < 4.78 is 0. The van der Waals surface area contributed by atoms with Crippen molar-refractivity contribution < 1.29 is 9.59 Å². The van der Waals surface area contributed by atoms with Gasteiger partial charge in [0.15, 0.2) is 0 Å². The highest BCUT2D eigenvalue weighted by Crippen LogP contribution is 2.23. The van der Waals surface area contributed by atoms with Crippen molar-refractivity contribution in [2.45, 2.75) is 0 Å². The van der Waals surface area contributed by atoms with Crippen molar-refractivity contribution in [3.63, 3.8) is 0 Å². The minimum atomic E-state index is -0.221. The van der Waals surface area contributed by atoms with Gasteiger partial charge in [0.05, 0.1) is 0 Å². The number of hydrogen-bond acceptors (Lipinski definition) is 4. The topological polar surface area (TPSA) is 66.4 Å². The van der Waals surface area contributed by atoms with Gasteiger partial charge in [0.2, 0.25) is 0 Å². The molecule has 0 aliphatic carbocycles. The molecule has 0 saturated heterocycles. The standard InChI is InChI=1S/C20H18N4O2/c1-23(19(25)17-10-3-5-12-21-17)15-8-7-9-16(14-15)24(2)20(26)18-11-4-6-13-22-18/h3-14H,1-2H3. The molecule has 2 aromatic heterocycles. The molecule has 0 N–H and O–H groups in total. The predicted molar refractivity (Wildman–Crippen MR) is 100 cm³/mol. The van der Waals surface area contributed by atoms with Crippen molar-refractivity contribution in [1.82, 2.24) is 9.97 Å². The Morgan fingerprint density at radius 1 is 0.692 bits per heavy atom. The maximum atomic E-state index is 12.6. The summed E-state index contributed by atoms with van der Waals surface area (Å²) >= 11 is 0. The zero-order chi connectivity index (χ0) is 18.5. The molecule has 6 heteroatoms. The molecule has 0 radical (unpaired) electrons. The van der Waals surface area contributed by atoms with E-state index in [0.29, 0.717) is 22.8 Å². The second kappa shape index (κ2) is 7.57. The lowest BCUT2D eigenvalue weighted by atomic mass is 10.2. The highest BCUT2D eigenvalue weighted by atomic mass is 16.2. The first kappa shape index (κ1) is 17.3. The van der Waals surface area contributed by atoms with E-state index in [0.717, 1.165) is 0 Å². The maximum absolute atomic E-state index is 12.6. The molecule has 0 saturated carbocycles. The number of rotatable bonds is 4. The summed E-state index contributed by atoms with van der Waals surface area (Å²) in [5, 5.41) is 0. The smallest absolute Gasteiger partial charge is 0.276 e. The summed E-state index contributed by atoms with van der Waals surface area (Å²) in [7, 11) is 3.35. The van der Waals surface area contributed by atoms with E-state index in [1.807, 2.05) is 12.1 Å². The molecule has 3 rings (SSSR count). The van der Waals surface area contributed by atoms with Gasteiger partial charge in [-0.15, -0.1) is 0 Å². The average Bonchev–Trinajstić information content (AvgIpc) is 2.73. The normalized spacial score (nSPS) is 10.2. The summed E-state index contributed by atoms with van der Waals surface area (Å²) in [5.41, 5.74) is 2.05. The molecule has 0 atom stereocenters. The van der Waals surface area contributed by atoms with Crippen LogP contribution in [0.2, 0.25) is 0 Å². The number of carbonyl (C=O) groups excluding carboxylic acids is 2. The Morgan fingerprint density at radius 3 is 1.54 bits per heavy atom. The van der Waals surface area contributed by atoms with Crippen LogP contribution in [0.25, 0.3) is 0 Å². The van der Waals surface area contributed by atoms with E-state index in [1.54, 1.807) is 75.0 Å². The molecule has 0 aliphatic heterocycles. The summed E-state index contributed by atoms with van der Waals surface area (Å²) in [4.78, 5) is 36.3. The number of pyridine rings is 2. The number of nitrogens with zero attached hydrogens (tertiary/aromatic N) is 4. The average molecular weight is 346 g/mol. The van der Waals surface area contributed by atoms with E-state index >= 15 is 0 Å².